The van der Waals surface area contributed by atoms with Gasteiger partial charge >= 0.3 is 25.2 Å². The van der Waals surface area contributed by atoms with Crippen molar-refractivity contribution in [3.63, 3.8) is 0 Å². The molecular weight excluding hydrogens is 1450 g/mol. The first-order valence-corrected chi connectivity index (χ1v) is 38.8. The zero-order chi connectivity index (χ0) is 78.4. The largest absolute Gasteiger partial charge is 0.480 e. The maximum atomic E-state index is 13.5. The van der Waals surface area contributed by atoms with Crippen molar-refractivity contribution in [1.29, 1.82) is 0 Å². The lowest BCUT2D eigenvalue weighted by molar-refractivity contribution is -0.139. The van der Waals surface area contributed by atoms with E-state index in [1.165, 1.54) is 24.5 Å². The number of phosphoric ester groups is 1. The van der Waals surface area contributed by atoms with Gasteiger partial charge in [0.15, 0.2) is 0 Å². The minimum absolute atomic E-state index is 0.0152. The van der Waals surface area contributed by atoms with E-state index in [2.05, 4.69) is 53.1 Å². The number of nitrogens with one attached hydrogen (secondary N) is 9. The average molecular weight is 1560 g/mol. The van der Waals surface area contributed by atoms with Gasteiger partial charge in [-0.25, -0.2) is 18.9 Å². The number of carboxylic acids is 1. The van der Waals surface area contributed by atoms with Gasteiger partial charge in [0.05, 0.1) is 102 Å². The molecule has 3 aliphatic heterocycles. The summed E-state index contributed by atoms with van der Waals surface area (Å²) in [5.41, 5.74) is 8.56. The van der Waals surface area contributed by atoms with Gasteiger partial charge in [-0.05, 0) is 98.1 Å². The molecule has 13 N–H and O–H groups in total. The standard InChI is InChI=1S/C75H103N12O22P/c1-4-60-61-42-68(107-60)87-46-53(72(93)85-75(87)97)18-20-64(89)78-24-12-28-103-32-36-104-33-29-100-25-7-5-21-79-65(90)40-50-13-9-15-56-54(43-81-69(50)56)38-58(76)49(3)83-59(73(94)95)39-55-44-82-70-51(14-10-16-57(55)70)41-66(91)80-22-6-8-26-101-30-34-105-35-31-102-27-11-23-77-63(88)19-17-52-45-86(74(96)84-71(52)92)67-37-48(2)62(108-67)47-106-110(98,99)109-61/h9-10,13-20,43-46,48,58-62,67-68,81-83H,3-8,11-12,21-42,47,76H2,1-2H3,(H,77,88)(H,78,89)(H,79,90)(H,80,91)(H,94,95)(H,98,99)(H,84,92,96)(H,85,93,97). The molecule has 600 valence electrons. The van der Waals surface area contributed by atoms with Gasteiger partial charge in [-0.3, -0.25) is 56.9 Å². The number of nitrogens with two attached hydrogens (primary N) is 1. The molecule has 16 bridgehead atoms. The molecule has 0 radical (unpaired) electrons. The van der Waals surface area contributed by atoms with Gasteiger partial charge in [0.2, 0.25) is 23.6 Å². The zero-order valence-corrected chi connectivity index (χ0v) is 63.0. The number of rotatable bonds is 2. The quantitative estimate of drug-likeness (QED) is 0.110. The third kappa shape index (κ3) is 26.3. The first kappa shape index (κ1) is 85.0. The van der Waals surface area contributed by atoms with Crippen LogP contribution in [0.4, 0.5) is 0 Å². The molecule has 2 saturated heterocycles. The van der Waals surface area contributed by atoms with Gasteiger partial charge in [-0.15, -0.1) is 0 Å². The summed E-state index contributed by atoms with van der Waals surface area (Å²) in [5, 5.41) is 26.5. The summed E-state index contributed by atoms with van der Waals surface area (Å²) in [6.45, 7) is 13.0. The number of nitrogens with zero attached hydrogens (tertiary/aromatic N) is 2. The van der Waals surface area contributed by atoms with Gasteiger partial charge in [0.25, 0.3) is 11.1 Å². The highest BCUT2D eigenvalue weighted by Crippen LogP contribution is 2.50. The van der Waals surface area contributed by atoms with Crippen LogP contribution in [0.1, 0.15) is 117 Å². The first-order chi connectivity index (χ1) is 53.1. The van der Waals surface area contributed by atoms with Crippen molar-refractivity contribution in [2.75, 3.05) is 112 Å². The van der Waals surface area contributed by atoms with Gasteiger partial charge in [0.1, 0.15) is 18.5 Å². The van der Waals surface area contributed by atoms with Crippen molar-refractivity contribution in [3.8, 4) is 0 Å². The Hall–Kier alpha value is -9.00. The van der Waals surface area contributed by atoms with Crippen molar-refractivity contribution >= 4 is 71.4 Å². The van der Waals surface area contributed by atoms with E-state index in [0.717, 1.165) is 71.8 Å². The lowest BCUT2D eigenvalue weighted by Gasteiger charge is -2.22. The Bertz CT molecular complexity index is 4410. The number of hydrogen-bond donors (Lipinski definition) is 12. The van der Waals surface area contributed by atoms with E-state index in [-0.39, 0.29) is 74.1 Å². The Morgan fingerprint density at radius 3 is 1.51 bits per heavy atom. The second-order valence-electron chi connectivity index (χ2n) is 27.0. The summed E-state index contributed by atoms with van der Waals surface area (Å²) in [5.74, 6) is -2.71. The molecule has 9 atom stereocenters. The minimum Gasteiger partial charge on any atom is -0.480 e. The highest BCUT2D eigenvalue weighted by atomic mass is 31.2. The van der Waals surface area contributed by atoms with Crippen LogP contribution in [0.5, 0.6) is 0 Å². The summed E-state index contributed by atoms with van der Waals surface area (Å²) in [7, 11) is -4.84. The molecule has 9 unspecified atom stereocenters. The van der Waals surface area contributed by atoms with Crippen LogP contribution in [0.15, 0.2) is 105 Å². The smallest absolute Gasteiger partial charge is 0.472 e. The molecule has 0 spiro atoms. The van der Waals surface area contributed by atoms with E-state index in [9.17, 15) is 57.7 Å². The van der Waals surface area contributed by atoms with E-state index in [1.807, 2.05) is 42.6 Å². The van der Waals surface area contributed by atoms with Crippen molar-refractivity contribution in [2.24, 2.45) is 11.7 Å². The van der Waals surface area contributed by atoms with Crippen LogP contribution in [0.25, 0.3) is 34.0 Å². The predicted molar refractivity (Wildman–Crippen MR) is 406 cm³/mol. The molecule has 3 aliphatic rings. The number of carbonyl (C=O) groups is 5. The Morgan fingerprint density at radius 2 is 1.03 bits per heavy atom. The predicted octanol–water partition coefficient (Wildman–Crippen LogP) is 3.57. The number of para-hydroxylation sites is 2. The fourth-order valence-corrected chi connectivity index (χ4v) is 13.8. The van der Waals surface area contributed by atoms with Crippen LogP contribution in [-0.4, -0.2) is 211 Å². The molecule has 7 heterocycles. The van der Waals surface area contributed by atoms with Crippen molar-refractivity contribution in [1.82, 2.24) is 55.7 Å². The Kier molecular flexibility index (Phi) is 33.7. The fraction of sp³-hybridized carbons (Fsp3) is 0.533. The number of aromatic nitrogens is 6. The van der Waals surface area contributed by atoms with Gasteiger partial charge in [-0.2, -0.15) is 0 Å². The van der Waals surface area contributed by atoms with Crippen LogP contribution in [0, 0.1) is 5.92 Å². The normalized spacial score (nSPS) is 25.3. The highest BCUT2D eigenvalue weighted by molar-refractivity contribution is 7.47. The maximum Gasteiger partial charge on any atom is 0.472 e. The highest BCUT2D eigenvalue weighted by Gasteiger charge is 2.43. The summed E-state index contributed by atoms with van der Waals surface area (Å²) in [6, 6.07) is 9.58. The first-order valence-electron chi connectivity index (χ1n) is 37.3. The minimum atomic E-state index is -4.84. The molecular formula is C75H103N12O22P. The maximum absolute atomic E-state index is 13.5. The number of aliphatic carboxylic acids is 1. The Morgan fingerprint density at radius 1 is 0.573 bits per heavy atom. The van der Waals surface area contributed by atoms with Crippen LogP contribution < -0.4 is 54.8 Å². The molecule has 35 heteroatoms. The number of aromatic amines is 4. The van der Waals surface area contributed by atoms with E-state index in [0.29, 0.717) is 143 Å². The topological polar surface area (TPSA) is 463 Å². The molecule has 110 heavy (non-hydrogen) atoms. The number of carbonyl (C=O) groups excluding carboxylic acids is 4. The molecule has 34 nitrogen and oxygen atoms in total. The lowest BCUT2D eigenvalue weighted by atomic mass is 9.99. The SMILES string of the molecule is C=C1NC(C(=O)O)Cc2c[nH]c3c(cccc23)CC(=O)NCCCCOCCOCCOCCCNC(=O)C=Cc2cn(c(=O)[nH]c2=O)C2CC(C)C(COP(=O)(O)OC3CC(OC3CC)n3cc(c(=O)[nH]c3=O)C=CC(=O)NCCCOCCOCCOCCCCNC(=O)Cc3cccc4c(c[nH]c34)CC1N)O2. The number of amides is 4. The van der Waals surface area contributed by atoms with Crippen LogP contribution in [0.3, 0.4) is 0 Å². The van der Waals surface area contributed by atoms with E-state index in [1.54, 1.807) is 20.0 Å². The second-order valence-corrected chi connectivity index (χ2v) is 28.4. The second kappa shape index (κ2) is 43.6. The third-order valence-corrected chi connectivity index (χ3v) is 19.8. The van der Waals surface area contributed by atoms with E-state index < -0.39 is 97.6 Å². The lowest BCUT2D eigenvalue weighted by Crippen LogP contribution is -2.43. The van der Waals surface area contributed by atoms with Crippen molar-refractivity contribution in [3.05, 3.63) is 161 Å². The van der Waals surface area contributed by atoms with Gasteiger partial charge < -0.3 is 90.2 Å². The molecule has 2 fully saturated rings. The van der Waals surface area contributed by atoms with Crippen molar-refractivity contribution < 1.29 is 85.5 Å². The third-order valence-electron chi connectivity index (χ3n) is 18.8. The monoisotopic (exact) mass is 1550 g/mol. The number of carboxylic acid groups (broad SMARTS) is 1. The average Bonchev–Trinajstić information content (AvgIpc) is 1.66. The summed E-state index contributed by atoms with van der Waals surface area (Å²) in [6.07, 6.45) is 11.1. The number of H-pyrrole nitrogens is 4. The summed E-state index contributed by atoms with van der Waals surface area (Å²) < 4.78 is 72.9. The molecule has 2 aromatic carbocycles. The summed E-state index contributed by atoms with van der Waals surface area (Å²) in [4.78, 5) is 138. The van der Waals surface area contributed by atoms with Crippen LogP contribution in [0.2, 0.25) is 0 Å². The molecule has 4 amide bonds. The fourth-order valence-electron chi connectivity index (χ4n) is 12.8. The Balaban J connectivity index is 0.729. The molecule has 6 aromatic rings. The number of ether oxygens (including phenoxy) is 8. The zero-order valence-electron chi connectivity index (χ0n) is 62.1. The molecule has 4 aromatic heterocycles. The van der Waals surface area contributed by atoms with Gasteiger partial charge in [-0.1, -0.05) is 56.8 Å². The van der Waals surface area contributed by atoms with Crippen molar-refractivity contribution in [2.45, 2.75) is 140 Å². The van der Waals surface area contributed by atoms with E-state index >= 15 is 0 Å². The molecule has 0 saturated carbocycles. The number of phosphoric acid groups is 1. The number of benzene rings is 2. The Labute approximate surface area is 634 Å². The van der Waals surface area contributed by atoms with E-state index in [4.69, 9.17) is 52.7 Å². The summed E-state index contributed by atoms with van der Waals surface area (Å²) >= 11 is 0. The van der Waals surface area contributed by atoms with Crippen LogP contribution in [-0.2, 0) is 101 Å². The number of hydrogen-bond acceptors (Lipinski definition) is 22. The van der Waals surface area contributed by atoms with Gasteiger partial charge in [0, 0.05) is 136 Å². The molecule has 0 aliphatic carbocycles. The number of fused-ring (bicyclic) bond motifs is 10. The molecule has 9 rings (SSSR count). The van der Waals surface area contributed by atoms with Crippen LogP contribution >= 0.6 is 7.82 Å².